The van der Waals surface area contributed by atoms with E-state index < -0.39 is 0 Å². The van der Waals surface area contributed by atoms with Crippen molar-refractivity contribution in [3.05, 3.63) is 57.3 Å². The number of benzene rings is 2. The van der Waals surface area contributed by atoms with E-state index in [0.29, 0.717) is 24.2 Å². The van der Waals surface area contributed by atoms with Crippen LogP contribution in [0.1, 0.15) is 6.42 Å². The van der Waals surface area contributed by atoms with Crippen molar-refractivity contribution in [2.45, 2.75) is 16.2 Å². The van der Waals surface area contributed by atoms with Crippen molar-refractivity contribution in [1.29, 1.82) is 0 Å². The largest absolute Gasteiger partial charge is 0.493 e. The summed E-state index contributed by atoms with van der Waals surface area (Å²) in [5.74, 6) is 0.661. The molecule has 0 amide bonds. The zero-order valence-electron chi connectivity index (χ0n) is 12.7. The summed E-state index contributed by atoms with van der Waals surface area (Å²) in [6.45, 7) is 0.515. The molecule has 1 aromatic heterocycles. The Balaban J connectivity index is 1.93. The summed E-state index contributed by atoms with van der Waals surface area (Å²) in [5.41, 5.74) is 1.95. The van der Waals surface area contributed by atoms with Gasteiger partial charge in [-0.2, -0.15) is 0 Å². The fraction of sp³-hybridized carbons (Fsp3) is 0.167. The van der Waals surface area contributed by atoms with Crippen molar-refractivity contribution in [3.63, 3.8) is 0 Å². The Labute approximate surface area is 151 Å². The zero-order chi connectivity index (χ0) is 16.7. The first-order valence-corrected chi connectivity index (χ1v) is 9.19. The number of rotatable bonds is 4. The molecule has 0 atom stereocenters. The van der Waals surface area contributed by atoms with Crippen molar-refractivity contribution in [1.82, 2.24) is 4.57 Å². The molecular weight excluding hydrogens is 390 g/mol. The molecule has 0 spiro atoms. The minimum Gasteiger partial charge on any atom is -0.493 e. The van der Waals surface area contributed by atoms with Crippen molar-refractivity contribution < 1.29 is 9.84 Å². The molecule has 24 heavy (non-hydrogen) atoms. The molecule has 1 N–H and O–H groups in total. The first-order chi connectivity index (χ1) is 11.7. The molecule has 2 heterocycles. The number of aromatic nitrogens is 1. The van der Waals surface area contributed by atoms with E-state index in [1.54, 1.807) is 23.9 Å². The summed E-state index contributed by atoms with van der Waals surface area (Å²) in [6.07, 6.45) is 2.39. The molecule has 0 fully saturated rings. The number of hydrogen-bond acceptors (Lipinski definition) is 4. The van der Waals surface area contributed by atoms with Gasteiger partial charge in [-0.25, -0.2) is 0 Å². The number of nitrogens with zero attached hydrogens (tertiary/aromatic N) is 1. The van der Waals surface area contributed by atoms with Crippen LogP contribution in [0.25, 0.3) is 16.6 Å². The van der Waals surface area contributed by atoms with E-state index in [-0.39, 0.29) is 12.0 Å². The van der Waals surface area contributed by atoms with Crippen molar-refractivity contribution in [3.8, 4) is 11.4 Å². The van der Waals surface area contributed by atoms with Gasteiger partial charge < -0.3 is 14.4 Å². The second-order valence-corrected chi connectivity index (χ2v) is 7.51. The number of hydrogen-bond donors (Lipinski definition) is 1. The number of aliphatic hydroxyl groups excluding tert-OH is 1. The highest BCUT2D eigenvalue weighted by atomic mass is 79.9. The number of pyridine rings is 1. The highest BCUT2D eigenvalue weighted by molar-refractivity contribution is 9.10. The molecule has 122 valence electrons. The lowest BCUT2D eigenvalue weighted by atomic mass is 10.1. The smallest absolute Gasteiger partial charge is 0.189 e. The molecule has 1 aliphatic rings. The molecule has 0 radical (unpaired) electrons. The molecule has 6 heteroatoms. The molecule has 0 bridgehead atoms. The maximum Gasteiger partial charge on any atom is 0.189 e. The Morgan fingerprint density at radius 2 is 2.04 bits per heavy atom. The molecular formula is C18H14BrNO3S. The maximum atomic E-state index is 12.4. The van der Waals surface area contributed by atoms with Crippen LogP contribution in [0, 0.1) is 0 Å². The monoisotopic (exact) mass is 403 g/mol. The number of ether oxygens (including phenoxy) is 1. The van der Waals surface area contributed by atoms with E-state index >= 15 is 0 Å². The van der Waals surface area contributed by atoms with Gasteiger partial charge in [0.2, 0.25) is 0 Å². The molecule has 1 aliphatic heterocycles. The molecule has 0 saturated carbocycles. The van der Waals surface area contributed by atoms with Crippen LogP contribution >= 0.6 is 27.7 Å². The van der Waals surface area contributed by atoms with Crippen LogP contribution in [0.15, 0.2) is 61.7 Å². The number of fused-ring (bicyclic) bond motifs is 2. The van der Waals surface area contributed by atoms with Gasteiger partial charge in [0.1, 0.15) is 5.75 Å². The Morgan fingerprint density at radius 3 is 2.88 bits per heavy atom. The Kier molecular flexibility index (Phi) is 4.12. The minimum atomic E-state index is -0.0193. The predicted molar refractivity (Wildman–Crippen MR) is 98.6 cm³/mol. The Hall–Kier alpha value is -1.76. The quantitative estimate of drug-likeness (QED) is 0.523. The average molecular weight is 404 g/mol. The van der Waals surface area contributed by atoms with Gasteiger partial charge in [-0.1, -0.05) is 27.7 Å². The third kappa shape index (κ3) is 2.64. The van der Waals surface area contributed by atoms with E-state index in [4.69, 9.17) is 9.84 Å². The zero-order valence-corrected chi connectivity index (χ0v) is 15.1. The van der Waals surface area contributed by atoms with E-state index in [9.17, 15) is 4.79 Å². The van der Waals surface area contributed by atoms with Crippen LogP contribution < -0.4 is 10.2 Å². The molecule has 0 aliphatic carbocycles. The molecule has 0 saturated heterocycles. The second-order valence-electron chi connectivity index (χ2n) is 5.51. The Bertz CT molecular complexity index is 999. The summed E-state index contributed by atoms with van der Waals surface area (Å²) in [7, 11) is 0. The Morgan fingerprint density at radius 1 is 1.17 bits per heavy atom. The summed E-state index contributed by atoms with van der Waals surface area (Å²) in [4.78, 5) is 14.5. The summed E-state index contributed by atoms with van der Waals surface area (Å²) in [6, 6.07) is 11.5. The molecule has 0 unspecified atom stereocenters. The van der Waals surface area contributed by atoms with Gasteiger partial charge >= 0.3 is 0 Å². The first-order valence-electron chi connectivity index (χ1n) is 7.58. The lowest BCUT2D eigenvalue weighted by Crippen LogP contribution is -2.11. The van der Waals surface area contributed by atoms with Crippen molar-refractivity contribution in [2.24, 2.45) is 0 Å². The van der Waals surface area contributed by atoms with Gasteiger partial charge in [0.05, 0.1) is 23.2 Å². The first kappa shape index (κ1) is 15.7. The molecule has 4 nitrogen and oxygen atoms in total. The van der Waals surface area contributed by atoms with Crippen molar-refractivity contribution in [2.75, 3.05) is 13.2 Å². The van der Waals surface area contributed by atoms with Gasteiger partial charge in [-0.3, -0.25) is 4.79 Å². The molecule has 4 rings (SSSR count). The van der Waals surface area contributed by atoms with Gasteiger partial charge in [-0.05, 0) is 30.3 Å². The lowest BCUT2D eigenvalue weighted by molar-refractivity contribution is 0.233. The average Bonchev–Trinajstić information content (AvgIpc) is 2.58. The summed E-state index contributed by atoms with van der Waals surface area (Å²) in [5, 5.41) is 9.54. The normalized spacial score (nSPS) is 12.2. The fourth-order valence-electron chi connectivity index (χ4n) is 2.83. The summed E-state index contributed by atoms with van der Waals surface area (Å²) < 4.78 is 8.75. The van der Waals surface area contributed by atoms with Crippen LogP contribution in [-0.2, 0) is 0 Å². The molecule has 3 aromatic rings. The van der Waals surface area contributed by atoms with Crippen LogP contribution in [0.3, 0.4) is 0 Å². The highest BCUT2D eigenvalue weighted by Gasteiger charge is 2.20. The SMILES string of the molecule is O=c1ccn2c3c(cc(OCCCO)cc13)Sc1ccc(Br)cc1-2. The maximum absolute atomic E-state index is 12.4. The van der Waals surface area contributed by atoms with Crippen LogP contribution in [0.5, 0.6) is 5.75 Å². The van der Waals surface area contributed by atoms with Crippen LogP contribution in [-0.4, -0.2) is 22.9 Å². The number of aliphatic hydroxyl groups is 1. The molecule has 2 aromatic carbocycles. The summed E-state index contributed by atoms with van der Waals surface area (Å²) >= 11 is 5.15. The highest BCUT2D eigenvalue weighted by Crippen LogP contribution is 2.44. The van der Waals surface area contributed by atoms with Gasteiger partial charge in [0.15, 0.2) is 5.43 Å². The third-order valence-corrected chi connectivity index (χ3v) is 5.49. The van der Waals surface area contributed by atoms with Gasteiger partial charge in [0, 0.05) is 39.6 Å². The third-order valence-electron chi connectivity index (χ3n) is 3.90. The van der Waals surface area contributed by atoms with E-state index in [0.717, 1.165) is 25.5 Å². The van der Waals surface area contributed by atoms with Crippen molar-refractivity contribution >= 4 is 38.6 Å². The van der Waals surface area contributed by atoms with E-state index in [1.165, 1.54) is 0 Å². The second kappa shape index (κ2) is 6.27. The predicted octanol–water partition coefficient (Wildman–Crippen LogP) is 3.98. The van der Waals surface area contributed by atoms with Crippen LogP contribution in [0.4, 0.5) is 0 Å². The van der Waals surface area contributed by atoms with Crippen LogP contribution in [0.2, 0.25) is 0 Å². The lowest BCUT2D eigenvalue weighted by Gasteiger charge is -2.23. The number of halogens is 1. The van der Waals surface area contributed by atoms with E-state index in [2.05, 4.69) is 32.6 Å². The van der Waals surface area contributed by atoms with Gasteiger partial charge in [-0.15, -0.1) is 0 Å². The van der Waals surface area contributed by atoms with E-state index in [1.807, 2.05) is 18.3 Å². The minimum absolute atomic E-state index is 0.0193. The topological polar surface area (TPSA) is 51.5 Å². The fourth-order valence-corrected chi connectivity index (χ4v) is 4.29. The standard InChI is InChI=1S/C18H14BrNO3S/c19-11-2-3-16-14(8-11)20-5-4-15(22)13-9-12(23-7-1-6-21)10-17(24-16)18(13)20/h2-5,8-10,21H,1,6-7H2. The van der Waals surface area contributed by atoms with Gasteiger partial charge in [0.25, 0.3) is 0 Å².